The van der Waals surface area contributed by atoms with Gasteiger partial charge in [-0.05, 0) is 30.3 Å². The van der Waals surface area contributed by atoms with E-state index in [4.69, 9.17) is 5.73 Å². The Morgan fingerprint density at radius 1 is 1.32 bits per heavy atom. The summed E-state index contributed by atoms with van der Waals surface area (Å²) in [6.45, 7) is 0.789. The molecule has 4 rings (SSSR count). The van der Waals surface area contributed by atoms with E-state index < -0.39 is 11.7 Å². The van der Waals surface area contributed by atoms with Crippen LogP contribution in [0, 0.1) is 5.82 Å². The summed E-state index contributed by atoms with van der Waals surface area (Å²) in [6.07, 6.45) is 1.71. The number of halogens is 1. The zero-order valence-corrected chi connectivity index (χ0v) is 13.5. The molecule has 1 amide bonds. The molecule has 0 saturated carbocycles. The van der Waals surface area contributed by atoms with Crippen LogP contribution in [0.1, 0.15) is 15.9 Å². The Bertz CT molecular complexity index is 1090. The zero-order valence-electron chi connectivity index (χ0n) is 13.5. The number of hydrogen-bond acceptors (Lipinski definition) is 3. The minimum Gasteiger partial charge on any atom is -0.366 e. The molecule has 6 nitrogen and oxygen atoms in total. The lowest BCUT2D eigenvalue weighted by Gasteiger charge is -2.02. The molecule has 2 aromatic heterocycles. The fourth-order valence-electron chi connectivity index (χ4n) is 3.09. The number of primary amides is 1. The van der Waals surface area contributed by atoms with Gasteiger partial charge in [0.15, 0.2) is 0 Å². The van der Waals surface area contributed by atoms with Gasteiger partial charge in [0.25, 0.3) is 5.91 Å². The van der Waals surface area contributed by atoms with Crippen molar-refractivity contribution in [2.75, 3.05) is 7.05 Å². The number of nitrogens with two attached hydrogens (primary N) is 1. The topological polar surface area (TPSA) is 88.2 Å². The van der Waals surface area contributed by atoms with Crippen molar-refractivity contribution in [2.24, 2.45) is 5.73 Å². The molecule has 0 radical (unpaired) electrons. The maximum Gasteiger partial charge on any atom is 0.251 e. The summed E-state index contributed by atoms with van der Waals surface area (Å²) in [4.78, 5) is 14.8. The van der Waals surface area contributed by atoms with E-state index in [1.165, 1.54) is 11.6 Å². The molecule has 4 N–H and O–H groups in total. The Hall–Kier alpha value is -3.19. The molecule has 25 heavy (non-hydrogen) atoms. The van der Waals surface area contributed by atoms with Gasteiger partial charge in [0.05, 0.1) is 17.3 Å². The van der Waals surface area contributed by atoms with Crippen LogP contribution in [-0.2, 0) is 6.54 Å². The molecular weight excluding hydrogens is 321 g/mol. The van der Waals surface area contributed by atoms with Gasteiger partial charge in [0.1, 0.15) is 17.0 Å². The predicted molar refractivity (Wildman–Crippen MR) is 93.7 cm³/mol. The first-order valence-corrected chi connectivity index (χ1v) is 7.81. The average Bonchev–Trinajstić information content (AvgIpc) is 3.13. The van der Waals surface area contributed by atoms with Crippen LogP contribution in [0.3, 0.4) is 0 Å². The lowest BCUT2D eigenvalue weighted by Crippen LogP contribution is -2.12. The highest BCUT2D eigenvalue weighted by molar-refractivity contribution is 6.05. The first kappa shape index (κ1) is 15.3. The predicted octanol–water partition coefficient (Wildman–Crippen LogP) is 2.44. The van der Waals surface area contributed by atoms with Crippen molar-refractivity contribution in [3.63, 3.8) is 0 Å². The highest BCUT2D eigenvalue weighted by Gasteiger charge is 2.18. The summed E-state index contributed by atoms with van der Waals surface area (Å²) >= 11 is 0. The van der Waals surface area contributed by atoms with Gasteiger partial charge < -0.3 is 16.0 Å². The van der Waals surface area contributed by atoms with Gasteiger partial charge in [-0.3, -0.25) is 4.79 Å². The smallest absolute Gasteiger partial charge is 0.251 e. The zero-order chi connectivity index (χ0) is 17.6. The minimum absolute atomic E-state index is 0.0975. The van der Waals surface area contributed by atoms with E-state index >= 15 is 0 Å². The highest BCUT2D eigenvalue weighted by Crippen LogP contribution is 2.29. The van der Waals surface area contributed by atoms with Crippen molar-refractivity contribution in [1.29, 1.82) is 0 Å². The first-order chi connectivity index (χ1) is 12.1. The van der Waals surface area contributed by atoms with Crippen LogP contribution in [0.5, 0.6) is 0 Å². The SMILES string of the molecule is CNCc1ccc(-c2cnn3c2[nH]c2cc(F)cc(C(N)=O)c23)cc1. The third-order valence-corrected chi connectivity index (χ3v) is 4.22. The Balaban J connectivity index is 1.92. The molecule has 0 aliphatic rings. The monoisotopic (exact) mass is 337 g/mol. The number of fused-ring (bicyclic) bond motifs is 3. The van der Waals surface area contributed by atoms with Crippen LogP contribution in [0.2, 0.25) is 0 Å². The molecule has 0 unspecified atom stereocenters. The fraction of sp³-hybridized carbons (Fsp3) is 0.111. The minimum atomic E-state index is -0.695. The number of rotatable bonds is 4. The Kier molecular flexibility index (Phi) is 3.51. The van der Waals surface area contributed by atoms with Crippen LogP contribution in [0.25, 0.3) is 27.8 Å². The molecule has 2 heterocycles. The van der Waals surface area contributed by atoms with Crippen LogP contribution < -0.4 is 11.1 Å². The van der Waals surface area contributed by atoms with Crippen molar-refractivity contribution < 1.29 is 9.18 Å². The second-order valence-electron chi connectivity index (χ2n) is 5.88. The van der Waals surface area contributed by atoms with E-state index in [1.807, 2.05) is 31.3 Å². The number of H-pyrrole nitrogens is 1. The molecule has 0 saturated heterocycles. The van der Waals surface area contributed by atoms with Crippen molar-refractivity contribution in [3.05, 3.63) is 59.5 Å². The normalized spacial score (nSPS) is 11.4. The summed E-state index contributed by atoms with van der Waals surface area (Å²) in [5.41, 5.74) is 10.1. The van der Waals surface area contributed by atoms with Gasteiger partial charge in [-0.1, -0.05) is 24.3 Å². The third kappa shape index (κ3) is 2.45. The number of amides is 1. The summed E-state index contributed by atoms with van der Waals surface area (Å²) in [5.74, 6) is -1.22. The van der Waals surface area contributed by atoms with E-state index in [1.54, 1.807) is 10.7 Å². The number of nitrogens with zero attached hydrogens (tertiary/aromatic N) is 2. The maximum atomic E-state index is 13.8. The number of hydrogen-bond donors (Lipinski definition) is 3. The molecule has 0 aliphatic heterocycles. The van der Waals surface area contributed by atoms with E-state index in [2.05, 4.69) is 15.4 Å². The molecule has 0 aliphatic carbocycles. The van der Waals surface area contributed by atoms with Crippen LogP contribution in [-0.4, -0.2) is 27.6 Å². The Morgan fingerprint density at radius 2 is 2.08 bits per heavy atom. The van der Waals surface area contributed by atoms with E-state index in [-0.39, 0.29) is 5.56 Å². The third-order valence-electron chi connectivity index (χ3n) is 4.22. The molecule has 0 fully saturated rings. The maximum absolute atomic E-state index is 13.8. The van der Waals surface area contributed by atoms with Crippen LogP contribution >= 0.6 is 0 Å². The number of aromatic nitrogens is 3. The number of aromatic amines is 1. The molecular formula is C18H16FN5O. The van der Waals surface area contributed by atoms with Crippen molar-refractivity contribution >= 4 is 22.6 Å². The van der Waals surface area contributed by atoms with Gasteiger partial charge >= 0.3 is 0 Å². The first-order valence-electron chi connectivity index (χ1n) is 7.81. The summed E-state index contributed by atoms with van der Waals surface area (Å²) in [6, 6.07) is 10.5. The number of imidazole rings is 1. The highest BCUT2D eigenvalue weighted by atomic mass is 19.1. The van der Waals surface area contributed by atoms with E-state index in [0.717, 1.165) is 23.7 Å². The molecule has 126 valence electrons. The van der Waals surface area contributed by atoms with Crippen molar-refractivity contribution in [1.82, 2.24) is 19.9 Å². The molecule has 0 spiro atoms. The second-order valence-corrected chi connectivity index (χ2v) is 5.88. The molecule has 2 aromatic carbocycles. The lowest BCUT2D eigenvalue weighted by atomic mass is 10.1. The van der Waals surface area contributed by atoms with Gasteiger partial charge in [-0.25, -0.2) is 8.91 Å². The van der Waals surface area contributed by atoms with Crippen LogP contribution in [0.15, 0.2) is 42.6 Å². The van der Waals surface area contributed by atoms with Crippen molar-refractivity contribution in [2.45, 2.75) is 6.54 Å². The Labute approximate surface area is 142 Å². The van der Waals surface area contributed by atoms with E-state index in [9.17, 15) is 9.18 Å². The summed E-state index contributed by atoms with van der Waals surface area (Å²) in [7, 11) is 1.90. The van der Waals surface area contributed by atoms with E-state index in [0.29, 0.717) is 16.7 Å². The molecule has 4 aromatic rings. The second kappa shape index (κ2) is 5.71. The fourth-order valence-corrected chi connectivity index (χ4v) is 3.09. The quantitative estimate of drug-likeness (QED) is 0.534. The standard InChI is InChI=1S/C18H16FN5O/c1-21-8-10-2-4-11(5-3-10)14-9-22-24-16-13(17(20)25)6-12(19)7-15(16)23-18(14)24/h2-7,9,21,23H,8H2,1H3,(H2,20,25). The number of carbonyl (C=O) groups excluding carboxylic acids is 1. The summed E-state index contributed by atoms with van der Waals surface area (Å²) in [5, 5.41) is 7.46. The Morgan fingerprint density at radius 3 is 2.76 bits per heavy atom. The summed E-state index contributed by atoms with van der Waals surface area (Å²) < 4.78 is 15.4. The van der Waals surface area contributed by atoms with Gasteiger partial charge in [-0.2, -0.15) is 5.10 Å². The van der Waals surface area contributed by atoms with Gasteiger partial charge in [-0.15, -0.1) is 0 Å². The van der Waals surface area contributed by atoms with Gasteiger partial charge in [0.2, 0.25) is 0 Å². The lowest BCUT2D eigenvalue weighted by molar-refractivity contribution is 0.100. The largest absolute Gasteiger partial charge is 0.366 e. The number of benzene rings is 2. The molecule has 7 heteroatoms. The number of nitrogens with one attached hydrogen (secondary N) is 2. The average molecular weight is 337 g/mol. The molecule has 0 atom stereocenters. The van der Waals surface area contributed by atoms with Crippen molar-refractivity contribution in [3.8, 4) is 11.1 Å². The number of carbonyl (C=O) groups is 1. The van der Waals surface area contributed by atoms with Gasteiger partial charge in [0, 0.05) is 12.1 Å². The molecule has 0 bridgehead atoms. The van der Waals surface area contributed by atoms with Crippen LogP contribution in [0.4, 0.5) is 4.39 Å².